The molecule has 0 radical (unpaired) electrons. The Morgan fingerprint density at radius 3 is 2.86 bits per heavy atom. The van der Waals surface area contributed by atoms with Crippen LogP contribution in [0.3, 0.4) is 0 Å². The number of aliphatic hydroxyl groups is 3. The minimum Gasteiger partial charge on any atom is -0.394 e. The molecule has 5 nitrogen and oxygen atoms in total. The van der Waals surface area contributed by atoms with Gasteiger partial charge in [0.25, 0.3) is 0 Å². The van der Waals surface area contributed by atoms with Crippen molar-refractivity contribution in [2.75, 3.05) is 6.61 Å². The van der Waals surface area contributed by atoms with Gasteiger partial charge in [-0.1, -0.05) is 0 Å². The van der Waals surface area contributed by atoms with Crippen molar-refractivity contribution in [3.05, 3.63) is 18.2 Å². The zero-order valence-corrected chi connectivity index (χ0v) is 7.29. The van der Waals surface area contributed by atoms with E-state index in [0.717, 1.165) is 0 Å². The average Bonchev–Trinajstić information content (AvgIpc) is 2.64. The maximum absolute atomic E-state index is 13.3. The molecular weight excluding hydrogens is 191 g/mol. The van der Waals surface area contributed by atoms with E-state index in [1.807, 2.05) is 0 Å². The maximum atomic E-state index is 13.3. The molecule has 1 aliphatic rings. The molecule has 1 aliphatic heterocycles. The zero-order valence-electron chi connectivity index (χ0n) is 7.29. The molecule has 0 saturated heterocycles. The summed E-state index contributed by atoms with van der Waals surface area (Å²) in [5.74, 6) is 0.141. The Bertz CT molecular complexity index is 330. The Kier molecular flexibility index (Phi) is 2.26. The molecule has 1 aromatic heterocycles. The van der Waals surface area contributed by atoms with Gasteiger partial charge in [-0.2, -0.15) is 0 Å². The van der Waals surface area contributed by atoms with Gasteiger partial charge in [-0.15, -0.1) is 0 Å². The number of imidazole rings is 1. The molecule has 2 rings (SSSR count). The van der Waals surface area contributed by atoms with E-state index in [1.165, 1.54) is 17.0 Å². The van der Waals surface area contributed by atoms with E-state index in [1.54, 1.807) is 0 Å². The van der Waals surface area contributed by atoms with Crippen LogP contribution >= 0.6 is 0 Å². The molecule has 0 bridgehead atoms. The quantitative estimate of drug-likeness (QED) is 0.555. The van der Waals surface area contributed by atoms with Crippen molar-refractivity contribution in [3.8, 4) is 0 Å². The van der Waals surface area contributed by atoms with Crippen molar-refractivity contribution in [1.29, 1.82) is 0 Å². The summed E-state index contributed by atoms with van der Waals surface area (Å²) in [4.78, 5) is 3.77. The first kappa shape index (κ1) is 9.57. The minimum absolute atomic E-state index is 0.141. The Hall–Kier alpha value is -0.980. The third-order valence-corrected chi connectivity index (χ3v) is 2.53. The summed E-state index contributed by atoms with van der Waals surface area (Å²) in [6, 6.07) is -0.772. The van der Waals surface area contributed by atoms with Crippen molar-refractivity contribution >= 4 is 0 Å². The van der Waals surface area contributed by atoms with Gasteiger partial charge < -0.3 is 19.9 Å². The molecular formula is C8H11FN2O3. The highest BCUT2D eigenvalue weighted by molar-refractivity contribution is 5.08. The van der Waals surface area contributed by atoms with Crippen LogP contribution in [0.25, 0.3) is 0 Å². The summed E-state index contributed by atoms with van der Waals surface area (Å²) in [7, 11) is 0. The molecule has 0 saturated carbocycles. The third kappa shape index (κ3) is 1.15. The predicted octanol–water partition coefficient (Wildman–Crippen LogP) is -0.838. The van der Waals surface area contributed by atoms with Gasteiger partial charge >= 0.3 is 0 Å². The van der Waals surface area contributed by atoms with Crippen molar-refractivity contribution in [2.45, 2.75) is 24.4 Å². The number of fused-ring (bicyclic) bond motifs is 1. The Morgan fingerprint density at radius 2 is 2.21 bits per heavy atom. The molecule has 3 N–H and O–H groups in total. The molecule has 14 heavy (non-hydrogen) atoms. The first-order valence-corrected chi connectivity index (χ1v) is 4.30. The van der Waals surface area contributed by atoms with E-state index in [2.05, 4.69) is 4.98 Å². The average molecular weight is 202 g/mol. The van der Waals surface area contributed by atoms with E-state index in [4.69, 9.17) is 5.11 Å². The molecule has 78 valence electrons. The lowest BCUT2D eigenvalue weighted by Gasteiger charge is -2.34. The first-order valence-electron chi connectivity index (χ1n) is 4.30. The van der Waals surface area contributed by atoms with Crippen molar-refractivity contribution in [3.63, 3.8) is 0 Å². The highest BCUT2D eigenvalue weighted by Crippen LogP contribution is 2.32. The van der Waals surface area contributed by atoms with E-state index in [-0.39, 0.29) is 5.82 Å². The fourth-order valence-corrected chi connectivity index (χ4v) is 1.74. The third-order valence-electron chi connectivity index (χ3n) is 2.53. The normalized spacial score (nSPS) is 36.9. The minimum atomic E-state index is -1.80. The van der Waals surface area contributed by atoms with E-state index in [0.29, 0.717) is 0 Å². The highest BCUT2D eigenvalue weighted by Gasteiger charge is 2.42. The molecule has 0 aromatic carbocycles. The number of aromatic nitrogens is 2. The van der Waals surface area contributed by atoms with Crippen LogP contribution in [0.2, 0.25) is 0 Å². The molecule has 2 heterocycles. The Labute approximate surface area is 79.4 Å². The van der Waals surface area contributed by atoms with Gasteiger partial charge in [0.1, 0.15) is 18.0 Å². The second-order valence-corrected chi connectivity index (χ2v) is 3.32. The number of aliphatic hydroxyl groups excluding tert-OH is 3. The lowest BCUT2D eigenvalue weighted by Crippen LogP contribution is -2.44. The van der Waals surface area contributed by atoms with Gasteiger partial charge in [0.15, 0.2) is 6.17 Å². The number of hydrogen-bond acceptors (Lipinski definition) is 4. The molecule has 0 unspecified atom stereocenters. The van der Waals surface area contributed by atoms with Gasteiger partial charge in [-0.05, 0) is 0 Å². The second-order valence-electron chi connectivity index (χ2n) is 3.32. The van der Waals surface area contributed by atoms with Gasteiger partial charge in [0.2, 0.25) is 0 Å². The Morgan fingerprint density at radius 1 is 1.50 bits per heavy atom. The lowest BCUT2D eigenvalue weighted by molar-refractivity contribution is -0.0713. The van der Waals surface area contributed by atoms with E-state index >= 15 is 0 Å². The molecule has 0 aliphatic carbocycles. The number of nitrogens with zero attached hydrogens (tertiary/aromatic N) is 2. The molecule has 1 aromatic rings. The van der Waals surface area contributed by atoms with Gasteiger partial charge in [-0.25, -0.2) is 9.37 Å². The van der Waals surface area contributed by atoms with Crippen LogP contribution in [-0.2, 0) is 0 Å². The number of rotatable bonds is 1. The molecule has 0 spiro atoms. The van der Waals surface area contributed by atoms with Crippen molar-refractivity contribution in [1.82, 2.24) is 9.55 Å². The summed E-state index contributed by atoms with van der Waals surface area (Å²) in [6.45, 7) is -0.391. The standard InChI is InChI=1S/C8H11FN2O3/c9-5-6(13)4(3-12)11-2-1-10-8(11)7(5)14/h1-2,4-7,12-14H,3H2/t4-,5+,6-,7-/m1/s1. The topological polar surface area (TPSA) is 78.5 Å². The zero-order chi connectivity index (χ0) is 10.3. The Balaban J connectivity index is 2.44. The first-order chi connectivity index (χ1) is 6.66. The smallest absolute Gasteiger partial charge is 0.161 e. The molecule has 0 fully saturated rings. The van der Waals surface area contributed by atoms with Crippen LogP contribution in [-0.4, -0.2) is 43.8 Å². The van der Waals surface area contributed by atoms with Gasteiger partial charge in [-0.3, -0.25) is 0 Å². The largest absolute Gasteiger partial charge is 0.394 e. The lowest BCUT2D eigenvalue weighted by atomic mass is 9.97. The SMILES string of the molecule is OC[C@@H]1[C@@H](O)[C@H](F)[C@@H](O)c2nccn21. The predicted molar refractivity (Wildman–Crippen MR) is 44.2 cm³/mol. The summed E-state index contributed by atoms with van der Waals surface area (Å²) in [6.07, 6.45) is -1.75. The van der Waals surface area contributed by atoms with Crippen molar-refractivity contribution < 1.29 is 19.7 Å². The summed E-state index contributed by atoms with van der Waals surface area (Å²) >= 11 is 0. The van der Waals surface area contributed by atoms with Crippen LogP contribution in [0.4, 0.5) is 4.39 Å². The summed E-state index contributed by atoms with van der Waals surface area (Å²) in [5.41, 5.74) is 0. The van der Waals surface area contributed by atoms with Crippen LogP contribution < -0.4 is 0 Å². The number of hydrogen-bond donors (Lipinski definition) is 3. The van der Waals surface area contributed by atoms with Crippen LogP contribution in [0, 0.1) is 0 Å². The fourth-order valence-electron chi connectivity index (χ4n) is 1.74. The maximum Gasteiger partial charge on any atom is 0.161 e. The second kappa shape index (κ2) is 3.30. The van der Waals surface area contributed by atoms with Crippen LogP contribution in [0.1, 0.15) is 18.0 Å². The van der Waals surface area contributed by atoms with Crippen LogP contribution in [0.15, 0.2) is 12.4 Å². The van der Waals surface area contributed by atoms with E-state index < -0.39 is 31.0 Å². The number of halogens is 1. The van der Waals surface area contributed by atoms with E-state index in [9.17, 15) is 14.6 Å². The van der Waals surface area contributed by atoms with Crippen molar-refractivity contribution in [2.24, 2.45) is 0 Å². The number of alkyl halides is 1. The molecule has 0 amide bonds. The summed E-state index contributed by atoms with van der Waals surface area (Å²) < 4.78 is 14.7. The van der Waals surface area contributed by atoms with Crippen LogP contribution in [0.5, 0.6) is 0 Å². The fraction of sp³-hybridized carbons (Fsp3) is 0.625. The highest BCUT2D eigenvalue weighted by atomic mass is 19.1. The van der Waals surface area contributed by atoms with Gasteiger partial charge in [0, 0.05) is 12.4 Å². The molecule has 6 heteroatoms. The monoisotopic (exact) mass is 202 g/mol. The molecule has 4 atom stereocenters. The van der Waals surface area contributed by atoms with Gasteiger partial charge in [0.05, 0.1) is 12.6 Å². The summed E-state index contributed by atoms with van der Waals surface area (Å²) in [5, 5.41) is 27.8.